The minimum absolute atomic E-state index is 0.00829. The second kappa shape index (κ2) is 6.61. The first-order valence-corrected chi connectivity index (χ1v) is 6.38. The van der Waals surface area contributed by atoms with Gasteiger partial charge >= 0.3 is 0 Å². The van der Waals surface area contributed by atoms with Gasteiger partial charge in [0.2, 0.25) is 0 Å². The molecule has 0 aliphatic carbocycles. The fourth-order valence-corrected chi connectivity index (χ4v) is 1.89. The molecule has 0 spiro atoms. The van der Waals surface area contributed by atoms with Crippen LogP contribution >= 0.6 is 11.6 Å². The van der Waals surface area contributed by atoms with E-state index in [-0.39, 0.29) is 18.6 Å². The molecule has 0 saturated carbocycles. The Morgan fingerprint density at radius 3 is 2.89 bits per heavy atom. The second-order valence-corrected chi connectivity index (χ2v) is 4.62. The molecule has 1 fully saturated rings. The Balaban J connectivity index is 1.66. The van der Waals surface area contributed by atoms with Gasteiger partial charge in [-0.3, -0.25) is 4.79 Å². The maximum Gasteiger partial charge on any atom is 0.258 e. The van der Waals surface area contributed by atoms with Crippen molar-refractivity contribution in [3.63, 3.8) is 0 Å². The van der Waals surface area contributed by atoms with Crippen LogP contribution in [0.25, 0.3) is 0 Å². The summed E-state index contributed by atoms with van der Waals surface area (Å²) in [6.45, 7) is 1.36. The molecule has 1 aromatic carbocycles. The lowest BCUT2D eigenvalue weighted by Gasteiger charge is -2.11. The molecule has 2 rings (SSSR count). The third-order valence-corrected chi connectivity index (χ3v) is 2.99. The van der Waals surface area contributed by atoms with Gasteiger partial charge in [0.15, 0.2) is 6.61 Å². The summed E-state index contributed by atoms with van der Waals surface area (Å²) >= 11 is 5.75. The molecule has 0 aromatic heterocycles. The van der Waals surface area contributed by atoms with Crippen molar-refractivity contribution in [2.45, 2.75) is 18.9 Å². The summed E-state index contributed by atoms with van der Waals surface area (Å²) in [6.07, 6.45) is 2.24. The van der Waals surface area contributed by atoms with Gasteiger partial charge in [-0.2, -0.15) is 0 Å². The lowest BCUT2D eigenvalue weighted by Crippen LogP contribution is -2.35. The van der Waals surface area contributed by atoms with Crippen LogP contribution in [0.5, 0.6) is 5.75 Å². The van der Waals surface area contributed by atoms with Crippen LogP contribution in [-0.4, -0.2) is 31.8 Å². The standard InChI is InChI=1S/C13H16ClNO3/c14-10-3-5-11(6-4-10)18-9-13(16)15-8-12-2-1-7-17-12/h3-6,12H,1-2,7-9H2,(H,15,16)/t12-/m0/s1. The highest BCUT2D eigenvalue weighted by atomic mass is 35.5. The average Bonchev–Trinajstić information content (AvgIpc) is 2.89. The van der Waals surface area contributed by atoms with Crippen molar-refractivity contribution >= 4 is 17.5 Å². The van der Waals surface area contributed by atoms with Crippen molar-refractivity contribution in [2.24, 2.45) is 0 Å². The second-order valence-electron chi connectivity index (χ2n) is 4.18. The van der Waals surface area contributed by atoms with Crippen LogP contribution in [0, 0.1) is 0 Å². The SMILES string of the molecule is O=C(COc1ccc(Cl)cc1)NC[C@@H]1CCCO1. The molecule has 0 bridgehead atoms. The minimum atomic E-state index is -0.138. The van der Waals surface area contributed by atoms with E-state index < -0.39 is 0 Å². The van der Waals surface area contributed by atoms with Crippen LogP contribution in [0.15, 0.2) is 24.3 Å². The molecule has 1 atom stereocenters. The molecule has 1 saturated heterocycles. The Morgan fingerprint density at radius 2 is 2.22 bits per heavy atom. The van der Waals surface area contributed by atoms with E-state index in [1.807, 2.05) is 0 Å². The lowest BCUT2D eigenvalue weighted by molar-refractivity contribution is -0.123. The molecule has 1 N–H and O–H groups in total. The van der Waals surface area contributed by atoms with Crippen LogP contribution in [0.4, 0.5) is 0 Å². The largest absolute Gasteiger partial charge is 0.484 e. The van der Waals surface area contributed by atoms with Gasteiger partial charge in [0.1, 0.15) is 5.75 Å². The number of carbonyl (C=O) groups is 1. The van der Waals surface area contributed by atoms with Gasteiger partial charge in [0.25, 0.3) is 5.91 Å². The molecule has 5 heteroatoms. The Kier molecular flexibility index (Phi) is 4.84. The smallest absolute Gasteiger partial charge is 0.258 e. The van der Waals surface area contributed by atoms with Gasteiger partial charge in [-0.1, -0.05) is 11.6 Å². The van der Waals surface area contributed by atoms with E-state index in [0.29, 0.717) is 17.3 Å². The number of rotatable bonds is 5. The summed E-state index contributed by atoms with van der Waals surface area (Å²) in [5.41, 5.74) is 0. The molecule has 98 valence electrons. The Morgan fingerprint density at radius 1 is 1.44 bits per heavy atom. The molecule has 1 aliphatic rings. The molecule has 1 aliphatic heterocycles. The number of hydrogen-bond donors (Lipinski definition) is 1. The van der Waals surface area contributed by atoms with Crippen molar-refractivity contribution in [3.05, 3.63) is 29.3 Å². The molecule has 1 amide bonds. The summed E-state index contributed by atoms with van der Waals surface area (Å²) in [7, 11) is 0. The number of hydrogen-bond acceptors (Lipinski definition) is 3. The Labute approximate surface area is 111 Å². The monoisotopic (exact) mass is 269 g/mol. The van der Waals surface area contributed by atoms with Crippen molar-refractivity contribution < 1.29 is 14.3 Å². The molecular weight excluding hydrogens is 254 g/mol. The highest BCUT2D eigenvalue weighted by Gasteiger charge is 2.16. The van der Waals surface area contributed by atoms with E-state index in [4.69, 9.17) is 21.1 Å². The third kappa shape index (κ3) is 4.20. The zero-order chi connectivity index (χ0) is 12.8. The number of amides is 1. The molecule has 0 radical (unpaired) electrons. The normalized spacial score (nSPS) is 18.6. The van der Waals surface area contributed by atoms with Gasteiger partial charge in [-0.05, 0) is 37.1 Å². The van der Waals surface area contributed by atoms with Crippen LogP contribution in [0.2, 0.25) is 5.02 Å². The van der Waals surface area contributed by atoms with E-state index in [9.17, 15) is 4.79 Å². The van der Waals surface area contributed by atoms with E-state index in [1.165, 1.54) is 0 Å². The number of carbonyl (C=O) groups excluding carboxylic acids is 1. The predicted octanol–water partition coefficient (Wildman–Crippen LogP) is 2.01. The van der Waals surface area contributed by atoms with Crippen molar-refractivity contribution in [2.75, 3.05) is 19.8 Å². The Hall–Kier alpha value is -1.26. The molecule has 1 aromatic rings. The van der Waals surface area contributed by atoms with E-state index in [0.717, 1.165) is 19.4 Å². The van der Waals surface area contributed by atoms with Crippen LogP contribution < -0.4 is 10.1 Å². The van der Waals surface area contributed by atoms with Crippen molar-refractivity contribution in [1.29, 1.82) is 0 Å². The first kappa shape index (κ1) is 13.2. The van der Waals surface area contributed by atoms with E-state index >= 15 is 0 Å². The van der Waals surface area contributed by atoms with Crippen molar-refractivity contribution in [3.8, 4) is 5.75 Å². The minimum Gasteiger partial charge on any atom is -0.484 e. The average molecular weight is 270 g/mol. The van der Waals surface area contributed by atoms with Crippen LogP contribution in [0.3, 0.4) is 0 Å². The maximum atomic E-state index is 11.5. The zero-order valence-electron chi connectivity index (χ0n) is 10.0. The summed E-state index contributed by atoms with van der Waals surface area (Å²) in [5.74, 6) is 0.493. The maximum absolute atomic E-state index is 11.5. The third-order valence-electron chi connectivity index (χ3n) is 2.73. The number of benzene rings is 1. The summed E-state index contributed by atoms with van der Waals surface area (Å²) < 4.78 is 10.7. The fourth-order valence-electron chi connectivity index (χ4n) is 1.76. The summed E-state index contributed by atoms with van der Waals surface area (Å²) in [6, 6.07) is 6.91. The number of halogens is 1. The van der Waals surface area contributed by atoms with Crippen molar-refractivity contribution in [1.82, 2.24) is 5.32 Å². The quantitative estimate of drug-likeness (QED) is 0.890. The van der Waals surface area contributed by atoms with Gasteiger partial charge in [0, 0.05) is 18.2 Å². The first-order valence-electron chi connectivity index (χ1n) is 6.01. The first-order chi connectivity index (χ1) is 8.74. The molecule has 4 nitrogen and oxygen atoms in total. The van der Waals surface area contributed by atoms with E-state index in [1.54, 1.807) is 24.3 Å². The fraction of sp³-hybridized carbons (Fsp3) is 0.462. The zero-order valence-corrected chi connectivity index (χ0v) is 10.8. The molecule has 1 heterocycles. The lowest BCUT2D eigenvalue weighted by atomic mass is 10.2. The van der Waals surface area contributed by atoms with E-state index in [2.05, 4.69) is 5.32 Å². The Bertz CT molecular complexity index is 388. The van der Waals surface area contributed by atoms with Crippen LogP contribution in [0.1, 0.15) is 12.8 Å². The van der Waals surface area contributed by atoms with Gasteiger partial charge in [-0.25, -0.2) is 0 Å². The summed E-state index contributed by atoms with van der Waals surface area (Å²) in [4.78, 5) is 11.5. The molecule has 0 unspecified atom stereocenters. The number of ether oxygens (including phenoxy) is 2. The highest BCUT2D eigenvalue weighted by molar-refractivity contribution is 6.30. The van der Waals surface area contributed by atoms with Gasteiger partial charge in [-0.15, -0.1) is 0 Å². The topological polar surface area (TPSA) is 47.6 Å². The molecule has 18 heavy (non-hydrogen) atoms. The summed E-state index contributed by atoms with van der Waals surface area (Å²) in [5, 5.41) is 3.43. The highest BCUT2D eigenvalue weighted by Crippen LogP contribution is 2.15. The van der Waals surface area contributed by atoms with Gasteiger partial charge in [0.05, 0.1) is 6.10 Å². The van der Waals surface area contributed by atoms with Gasteiger partial charge < -0.3 is 14.8 Å². The predicted molar refractivity (Wildman–Crippen MR) is 68.9 cm³/mol. The number of nitrogens with one attached hydrogen (secondary N) is 1. The van der Waals surface area contributed by atoms with Crippen LogP contribution in [-0.2, 0) is 9.53 Å². The molecular formula is C13H16ClNO3.